The Hall–Kier alpha value is -2.37. The van der Waals surface area contributed by atoms with E-state index in [0.29, 0.717) is 5.56 Å². The van der Waals surface area contributed by atoms with Crippen molar-refractivity contribution in [2.24, 2.45) is 5.73 Å². The summed E-state index contributed by atoms with van der Waals surface area (Å²) in [7, 11) is 0. The molecule has 0 aliphatic rings. The maximum absolute atomic E-state index is 12.1. The number of hydrogen-bond acceptors (Lipinski definition) is 3. The number of carbonyl (C=O) groups excluding carboxylic acids is 1. The first-order valence-corrected chi connectivity index (χ1v) is 6.51. The summed E-state index contributed by atoms with van der Waals surface area (Å²) in [4.78, 5) is 23.0. The molecule has 2 rings (SSSR count). The Morgan fingerprint density at radius 1 is 1.14 bits per heavy atom. The Labute approximate surface area is 126 Å². The van der Waals surface area contributed by atoms with Crippen LogP contribution in [0.3, 0.4) is 0 Å². The van der Waals surface area contributed by atoms with Crippen LogP contribution in [-0.4, -0.2) is 17.0 Å². The van der Waals surface area contributed by atoms with Crippen LogP contribution in [0.4, 0.5) is 5.69 Å². The molecule has 0 radical (unpaired) electrons. The van der Waals surface area contributed by atoms with Gasteiger partial charge >= 0.3 is 5.97 Å². The van der Waals surface area contributed by atoms with E-state index in [1.165, 1.54) is 18.2 Å². The van der Waals surface area contributed by atoms with Crippen LogP contribution in [0.1, 0.15) is 22.0 Å². The number of benzene rings is 2. The number of anilines is 1. The Morgan fingerprint density at radius 2 is 1.81 bits per heavy atom. The largest absolute Gasteiger partial charge is 0.478 e. The molecule has 1 amide bonds. The zero-order valence-electron chi connectivity index (χ0n) is 10.9. The molecule has 0 fully saturated rings. The van der Waals surface area contributed by atoms with E-state index < -0.39 is 17.9 Å². The lowest BCUT2D eigenvalue weighted by atomic mass is 10.1. The zero-order valence-corrected chi connectivity index (χ0v) is 11.7. The SMILES string of the molecule is N[C@H](C(=O)Nc1cc(C(=O)O)ccc1Cl)c1ccccc1. The number of hydrogen-bond donors (Lipinski definition) is 3. The van der Waals surface area contributed by atoms with Crippen molar-refractivity contribution in [3.8, 4) is 0 Å². The zero-order chi connectivity index (χ0) is 15.4. The molecule has 0 aliphatic carbocycles. The summed E-state index contributed by atoms with van der Waals surface area (Å²) in [5.41, 5.74) is 6.76. The number of carboxylic acids is 1. The second-order valence-corrected chi connectivity index (χ2v) is 4.78. The number of nitrogens with one attached hydrogen (secondary N) is 1. The Kier molecular flexibility index (Phi) is 4.57. The van der Waals surface area contributed by atoms with Crippen LogP contribution in [0.5, 0.6) is 0 Å². The molecule has 5 nitrogen and oxygen atoms in total. The quantitative estimate of drug-likeness (QED) is 0.809. The standard InChI is InChI=1S/C15H13ClN2O3/c16-11-7-6-10(15(20)21)8-12(11)18-14(19)13(17)9-4-2-1-3-5-9/h1-8,13H,17H2,(H,18,19)(H,20,21)/t13-/m0/s1. The molecule has 108 valence electrons. The van der Waals surface area contributed by atoms with Crippen molar-refractivity contribution in [2.45, 2.75) is 6.04 Å². The van der Waals surface area contributed by atoms with Crippen LogP contribution < -0.4 is 11.1 Å². The summed E-state index contributed by atoms with van der Waals surface area (Å²) in [5, 5.41) is 11.7. The molecule has 6 heteroatoms. The van der Waals surface area contributed by atoms with E-state index in [1.807, 2.05) is 6.07 Å². The summed E-state index contributed by atoms with van der Waals surface area (Å²) >= 11 is 5.95. The molecule has 0 unspecified atom stereocenters. The molecule has 2 aromatic rings. The van der Waals surface area contributed by atoms with Crippen molar-refractivity contribution in [1.29, 1.82) is 0 Å². The van der Waals surface area contributed by atoms with Gasteiger partial charge in [-0.3, -0.25) is 4.79 Å². The Morgan fingerprint density at radius 3 is 2.43 bits per heavy atom. The maximum atomic E-state index is 12.1. The highest BCUT2D eigenvalue weighted by Crippen LogP contribution is 2.24. The molecule has 0 saturated heterocycles. The number of aromatic carboxylic acids is 1. The van der Waals surface area contributed by atoms with Crippen LogP contribution in [-0.2, 0) is 4.79 Å². The molecule has 1 atom stereocenters. The third kappa shape index (κ3) is 3.59. The number of nitrogens with two attached hydrogens (primary N) is 1. The van der Waals surface area contributed by atoms with Crippen LogP contribution in [0.15, 0.2) is 48.5 Å². The molecule has 2 aromatic carbocycles. The van der Waals surface area contributed by atoms with Gasteiger partial charge in [-0.05, 0) is 23.8 Å². The summed E-state index contributed by atoms with van der Waals surface area (Å²) in [5.74, 6) is -1.57. The van der Waals surface area contributed by atoms with E-state index in [9.17, 15) is 9.59 Å². The second kappa shape index (κ2) is 6.39. The minimum absolute atomic E-state index is 0.0305. The van der Waals surface area contributed by atoms with Gasteiger partial charge in [0.2, 0.25) is 5.91 Å². The fourth-order valence-electron chi connectivity index (χ4n) is 1.78. The predicted octanol–water partition coefficient (Wildman–Crippen LogP) is 2.68. The lowest BCUT2D eigenvalue weighted by Crippen LogP contribution is -2.27. The number of carboxylic acid groups (broad SMARTS) is 1. The lowest BCUT2D eigenvalue weighted by Gasteiger charge is -2.13. The van der Waals surface area contributed by atoms with Crippen molar-refractivity contribution >= 4 is 29.2 Å². The van der Waals surface area contributed by atoms with Gasteiger partial charge in [0.15, 0.2) is 0 Å². The average Bonchev–Trinajstić information content (AvgIpc) is 2.49. The molecule has 0 aromatic heterocycles. The van der Waals surface area contributed by atoms with Crippen LogP contribution >= 0.6 is 11.6 Å². The molecule has 4 N–H and O–H groups in total. The number of carbonyl (C=O) groups is 2. The van der Waals surface area contributed by atoms with E-state index in [0.717, 1.165) is 0 Å². The molecular formula is C15H13ClN2O3. The molecule has 0 heterocycles. The van der Waals surface area contributed by atoms with Gasteiger partial charge in [0.05, 0.1) is 16.3 Å². The fourth-order valence-corrected chi connectivity index (χ4v) is 1.94. The molecule has 0 spiro atoms. The van der Waals surface area contributed by atoms with Gasteiger partial charge in [0.25, 0.3) is 0 Å². The predicted molar refractivity (Wildman–Crippen MR) is 80.4 cm³/mol. The first kappa shape index (κ1) is 15.0. The van der Waals surface area contributed by atoms with Crippen LogP contribution in [0.2, 0.25) is 5.02 Å². The highest BCUT2D eigenvalue weighted by molar-refractivity contribution is 6.33. The van der Waals surface area contributed by atoms with Gasteiger partial charge in [-0.25, -0.2) is 4.79 Å². The van der Waals surface area contributed by atoms with Gasteiger partial charge < -0.3 is 16.2 Å². The monoisotopic (exact) mass is 304 g/mol. The summed E-state index contributed by atoms with van der Waals surface area (Å²) in [6.07, 6.45) is 0. The van der Waals surface area contributed by atoms with Gasteiger partial charge in [-0.2, -0.15) is 0 Å². The van der Waals surface area contributed by atoms with Gasteiger partial charge in [-0.15, -0.1) is 0 Å². The number of halogens is 1. The van der Waals surface area contributed by atoms with Crippen LogP contribution in [0, 0.1) is 0 Å². The summed E-state index contributed by atoms with van der Waals surface area (Å²) in [6, 6.07) is 12.0. The van der Waals surface area contributed by atoms with Crippen molar-refractivity contribution < 1.29 is 14.7 Å². The van der Waals surface area contributed by atoms with E-state index in [4.69, 9.17) is 22.4 Å². The molecule has 0 aliphatic heterocycles. The smallest absolute Gasteiger partial charge is 0.335 e. The lowest BCUT2D eigenvalue weighted by molar-refractivity contribution is -0.117. The number of rotatable bonds is 4. The molecule has 21 heavy (non-hydrogen) atoms. The van der Waals surface area contributed by atoms with Crippen LogP contribution in [0.25, 0.3) is 0 Å². The fraction of sp³-hybridized carbons (Fsp3) is 0.0667. The van der Waals surface area contributed by atoms with Crippen molar-refractivity contribution in [3.05, 3.63) is 64.7 Å². The van der Waals surface area contributed by atoms with E-state index in [-0.39, 0.29) is 16.3 Å². The Balaban J connectivity index is 2.20. The average molecular weight is 305 g/mol. The van der Waals surface area contributed by atoms with E-state index in [2.05, 4.69) is 5.32 Å². The first-order valence-electron chi connectivity index (χ1n) is 6.13. The third-order valence-electron chi connectivity index (χ3n) is 2.91. The van der Waals surface area contributed by atoms with Crippen molar-refractivity contribution in [2.75, 3.05) is 5.32 Å². The number of amides is 1. The molecule has 0 bridgehead atoms. The van der Waals surface area contributed by atoms with Gasteiger partial charge in [0.1, 0.15) is 6.04 Å². The highest BCUT2D eigenvalue weighted by Gasteiger charge is 2.17. The first-order chi connectivity index (χ1) is 9.99. The third-order valence-corrected chi connectivity index (χ3v) is 3.24. The summed E-state index contributed by atoms with van der Waals surface area (Å²) in [6.45, 7) is 0. The van der Waals surface area contributed by atoms with Crippen molar-refractivity contribution in [1.82, 2.24) is 0 Å². The Bertz CT molecular complexity index is 674. The topological polar surface area (TPSA) is 92.4 Å². The van der Waals surface area contributed by atoms with E-state index >= 15 is 0 Å². The molecular weight excluding hydrogens is 292 g/mol. The summed E-state index contributed by atoms with van der Waals surface area (Å²) < 4.78 is 0. The van der Waals surface area contributed by atoms with Crippen molar-refractivity contribution in [3.63, 3.8) is 0 Å². The minimum Gasteiger partial charge on any atom is -0.478 e. The highest BCUT2D eigenvalue weighted by atomic mass is 35.5. The van der Waals surface area contributed by atoms with E-state index in [1.54, 1.807) is 24.3 Å². The van der Waals surface area contributed by atoms with Gasteiger partial charge in [-0.1, -0.05) is 41.9 Å². The van der Waals surface area contributed by atoms with Gasteiger partial charge in [0, 0.05) is 0 Å². The second-order valence-electron chi connectivity index (χ2n) is 4.38. The maximum Gasteiger partial charge on any atom is 0.335 e. The molecule has 0 saturated carbocycles. The normalized spacial score (nSPS) is 11.7. The minimum atomic E-state index is -1.10.